The summed E-state index contributed by atoms with van der Waals surface area (Å²) in [4.78, 5) is 0. The maximum absolute atomic E-state index is 6.18. The molecular weight excluding hydrogens is 253 g/mol. The van der Waals surface area contributed by atoms with Crippen LogP contribution < -0.4 is 5.32 Å². The van der Waals surface area contributed by atoms with E-state index in [-0.39, 0.29) is 0 Å². The van der Waals surface area contributed by atoms with E-state index in [0.29, 0.717) is 16.9 Å². The van der Waals surface area contributed by atoms with Gasteiger partial charge < -0.3 is 5.32 Å². The minimum Gasteiger partial charge on any atom is -0.316 e. The molecule has 3 heteroatoms. The molecule has 0 saturated heterocycles. The van der Waals surface area contributed by atoms with Gasteiger partial charge >= 0.3 is 0 Å². The lowest BCUT2D eigenvalue weighted by molar-refractivity contribution is 0.525. The molecule has 1 rings (SSSR count). The van der Waals surface area contributed by atoms with Crippen molar-refractivity contribution in [2.24, 2.45) is 5.92 Å². The number of hydrogen-bond acceptors (Lipinski definition) is 1. The molecule has 0 aromatic heterocycles. The fraction of sp³-hybridized carbons (Fsp3) is 0.571. The number of benzene rings is 1. The van der Waals surface area contributed by atoms with Gasteiger partial charge in [0.2, 0.25) is 0 Å². The van der Waals surface area contributed by atoms with Crippen molar-refractivity contribution in [1.29, 1.82) is 0 Å². The third-order valence-corrected chi connectivity index (χ3v) is 3.36. The van der Waals surface area contributed by atoms with Gasteiger partial charge in [0.25, 0.3) is 0 Å². The summed E-state index contributed by atoms with van der Waals surface area (Å²) >= 11 is 12.1. The van der Waals surface area contributed by atoms with Crippen LogP contribution in [0.3, 0.4) is 0 Å². The van der Waals surface area contributed by atoms with Crippen molar-refractivity contribution in [3.8, 4) is 0 Å². The lowest BCUT2D eigenvalue weighted by atomic mass is 9.98. The molecule has 0 aliphatic rings. The molecule has 0 amide bonds. The quantitative estimate of drug-likeness (QED) is 0.739. The van der Waals surface area contributed by atoms with E-state index >= 15 is 0 Å². The molecule has 1 atom stereocenters. The van der Waals surface area contributed by atoms with Crippen LogP contribution in [0, 0.1) is 5.92 Å². The topological polar surface area (TPSA) is 12.0 Å². The summed E-state index contributed by atoms with van der Waals surface area (Å²) in [7, 11) is 0. The van der Waals surface area contributed by atoms with E-state index in [0.717, 1.165) is 24.5 Å². The second kappa shape index (κ2) is 7.25. The number of rotatable bonds is 6. The molecule has 0 aliphatic heterocycles. The fourth-order valence-corrected chi connectivity index (χ4v) is 2.36. The van der Waals surface area contributed by atoms with Crippen LogP contribution in [0.15, 0.2) is 18.2 Å². The Morgan fingerprint density at radius 2 is 1.88 bits per heavy atom. The van der Waals surface area contributed by atoms with Crippen molar-refractivity contribution in [2.45, 2.75) is 33.1 Å². The first-order valence-electron chi connectivity index (χ1n) is 6.16. The van der Waals surface area contributed by atoms with E-state index in [1.807, 2.05) is 18.2 Å². The first kappa shape index (κ1) is 14.8. The zero-order chi connectivity index (χ0) is 12.8. The Morgan fingerprint density at radius 1 is 1.18 bits per heavy atom. The Balaban J connectivity index is 2.44. The van der Waals surface area contributed by atoms with Gasteiger partial charge in [-0.1, -0.05) is 50.0 Å². The van der Waals surface area contributed by atoms with Crippen LogP contribution in [0.4, 0.5) is 0 Å². The minimum absolute atomic E-state index is 0.458. The lowest BCUT2D eigenvalue weighted by Crippen LogP contribution is -2.21. The highest BCUT2D eigenvalue weighted by molar-refractivity contribution is 6.35. The van der Waals surface area contributed by atoms with E-state index in [2.05, 4.69) is 26.1 Å². The molecule has 96 valence electrons. The van der Waals surface area contributed by atoms with E-state index < -0.39 is 0 Å². The lowest BCUT2D eigenvalue weighted by Gasteiger charge is -2.15. The normalized spacial score (nSPS) is 13.1. The van der Waals surface area contributed by atoms with E-state index in [1.165, 1.54) is 5.56 Å². The average Bonchev–Trinajstić information content (AvgIpc) is 2.23. The van der Waals surface area contributed by atoms with Crippen LogP contribution in [0.1, 0.15) is 38.7 Å². The minimum atomic E-state index is 0.458. The van der Waals surface area contributed by atoms with Crippen molar-refractivity contribution < 1.29 is 0 Å². The second-order valence-corrected chi connectivity index (χ2v) is 5.80. The standard InChI is InChI=1S/C14H21Cl2N/c1-10(2)9-17-7-6-11(3)13-5-4-12(15)8-14(13)16/h4-5,8,10-11,17H,6-7,9H2,1-3H3. The Labute approximate surface area is 115 Å². The Kier molecular flexibility index (Phi) is 6.32. The molecule has 1 aromatic carbocycles. The number of hydrogen-bond donors (Lipinski definition) is 1. The van der Waals surface area contributed by atoms with Gasteiger partial charge in [-0.25, -0.2) is 0 Å². The molecule has 17 heavy (non-hydrogen) atoms. The van der Waals surface area contributed by atoms with Gasteiger partial charge in [-0.3, -0.25) is 0 Å². The summed E-state index contributed by atoms with van der Waals surface area (Å²) in [5, 5.41) is 4.92. The van der Waals surface area contributed by atoms with Crippen LogP contribution in [0.25, 0.3) is 0 Å². The number of halogens is 2. The molecule has 0 bridgehead atoms. The van der Waals surface area contributed by atoms with Gasteiger partial charge in [-0.2, -0.15) is 0 Å². The summed E-state index contributed by atoms with van der Waals surface area (Å²) < 4.78 is 0. The van der Waals surface area contributed by atoms with Gasteiger partial charge in [0, 0.05) is 10.0 Å². The molecular formula is C14H21Cl2N. The second-order valence-electron chi connectivity index (χ2n) is 4.95. The van der Waals surface area contributed by atoms with Gasteiger partial charge in [0.05, 0.1) is 0 Å². The Hall–Kier alpha value is -0.240. The number of nitrogens with one attached hydrogen (secondary N) is 1. The van der Waals surface area contributed by atoms with Crippen molar-refractivity contribution in [3.63, 3.8) is 0 Å². The first-order valence-corrected chi connectivity index (χ1v) is 6.92. The van der Waals surface area contributed by atoms with Crippen LogP contribution >= 0.6 is 23.2 Å². The molecule has 1 nitrogen and oxygen atoms in total. The molecule has 0 saturated carbocycles. The average molecular weight is 274 g/mol. The summed E-state index contributed by atoms with van der Waals surface area (Å²) in [6.45, 7) is 8.73. The first-order chi connectivity index (χ1) is 8.00. The SMILES string of the molecule is CC(C)CNCCC(C)c1ccc(Cl)cc1Cl. The Bertz CT molecular complexity index is 350. The zero-order valence-electron chi connectivity index (χ0n) is 10.8. The highest BCUT2D eigenvalue weighted by Crippen LogP contribution is 2.28. The maximum Gasteiger partial charge on any atom is 0.0455 e. The third kappa shape index (κ3) is 5.29. The third-order valence-electron chi connectivity index (χ3n) is 2.80. The van der Waals surface area contributed by atoms with Crippen LogP contribution in [-0.2, 0) is 0 Å². The molecule has 0 radical (unpaired) electrons. The smallest absolute Gasteiger partial charge is 0.0455 e. The largest absolute Gasteiger partial charge is 0.316 e. The van der Waals surface area contributed by atoms with Gasteiger partial charge in [-0.15, -0.1) is 0 Å². The molecule has 1 N–H and O–H groups in total. The zero-order valence-corrected chi connectivity index (χ0v) is 12.3. The summed E-state index contributed by atoms with van der Waals surface area (Å²) in [6, 6.07) is 5.75. The van der Waals surface area contributed by atoms with Crippen molar-refractivity contribution >= 4 is 23.2 Å². The van der Waals surface area contributed by atoms with Gasteiger partial charge in [0.1, 0.15) is 0 Å². The van der Waals surface area contributed by atoms with E-state index in [4.69, 9.17) is 23.2 Å². The summed E-state index contributed by atoms with van der Waals surface area (Å²) in [5.74, 6) is 1.16. The summed E-state index contributed by atoms with van der Waals surface area (Å²) in [6.07, 6.45) is 1.09. The molecule has 0 heterocycles. The maximum atomic E-state index is 6.18. The highest BCUT2D eigenvalue weighted by atomic mass is 35.5. The van der Waals surface area contributed by atoms with Crippen LogP contribution in [0.5, 0.6) is 0 Å². The highest BCUT2D eigenvalue weighted by Gasteiger charge is 2.09. The molecule has 0 spiro atoms. The van der Waals surface area contributed by atoms with Gasteiger partial charge in [0.15, 0.2) is 0 Å². The Morgan fingerprint density at radius 3 is 2.47 bits per heavy atom. The van der Waals surface area contributed by atoms with Crippen molar-refractivity contribution in [3.05, 3.63) is 33.8 Å². The van der Waals surface area contributed by atoms with Gasteiger partial charge in [-0.05, 0) is 49.0 Å². The summed E-state index contributed by atoms with van der Waals surface area (Å²) in [5.41, 5.74) is 1.18. The van der Waals surface area contributed by atoms with Crippen LogP contribution in [-0.4, -0.2) is 13.1 Å². The predicted octanol–water partition coefficient (Wildman–Crippen LogP) is 4.73. The molecule has 0 aliphatic carbocycles. The molecule has 0 fully saturated rings. The van der Waals surface area contributed by atoms with E-state index in [9.17, 15) is 0 Å². The van der Waals surface area contributed by atoms with Crippen LogP contribution in [0.2, 0.25) is 10.0 Å². The van der Waals surface area contributed by atoms with Crippen molar-refractivity contribution in [1.82, 2.24) is 5.32 Å². The monoisotopic (exact) mass is 273 g/mol. The molecule has 1 aromatic rings. The van der Waals surface area contributed by atoms with Crippen molar-refractivity contribution in [2.75, 3.05) is 13.1 Å². The molecule has 1 unspecified atom stereocenters. The fourth-order valence-electron chi connectivity index (χ4n) is 1.77. The van der Waals surface area contributed by atoms with E-state index in [1.54, 1.807) is 0 Å². The predicted molar refractivity (Wildman–Crippen MR) is 77.2 cm³/mol.